The molecule has 122 valence electrons. The summed E-state index contributed by atoms with van der Waals surface area (Å²) in [5.41, 5.74) is 1.64. The summed E-state index contributed by atoms with van der Waals surface area (Å²) >= 11 is 7.54. The molecule has 8 heteroatoms. The number of halogens is 1. The van der Waals surface area contributed by atoms with Crippen molar-refractivity contribution in [2.45, 2.75) is 6.92 Å². The third kappa shape index (κ3) is 3.22. The molecule has 0 aliphatic heterocycles. The van der Waals surface area contributed by atoms with Gasteiger partial charge in [-0.15, -0.1) is 0 Å². The first-order valence-corrected chi connectivity index (χ1v) is 8.11. The summed E-state index contributed by atoms with van der Waals surface area (Å²) in [6.45, 7) is 1.75. The van der Waals surface area contributed by atoms with Gasteiger partial charge in [-0.3, -0.25) is 4.79 Å². The van der Waals surface area contributed by atoms with Crippen molar-refractivity contribution in [1.82, 2.24) is 14.6 Å². The molecule has 24 heavy (non-hydrogen) atoms. The van der Waals surface area contributed by atoms with Gasteiger partial charge in [0.05, 0.1) is 17.7 Å². The number of carbonyl (C=O) groups is 1. The quantitative estimate of drug-likeness (QED) is 0.670. The number of methoxy groups -OCH3 is 1. The van der Waals surface area contributed by atoms with Gasteiger partial charge in [-0.1, -0.05) is 35.1 Å². The van der Waals surface area contributed by atoms with E-state index >= 15 is 0 Å². The molecule has 0 amide bonds. The minimum Gasteiger partial charge on any atom is -0.465 e. The summed E-state index contributed by atoms with van der Waals surface area (Å²) in [6.07, 6.45) is 1.71. The molecule has 0 N–H and O–H groups in total. The molecule has 0 unspecified atom stereocenters. The lowest BCUT2D eigenvalue weighted by atomic mass is 10.1. The number of ether oxygens (including phenoxy) is 1. The predicted octanol–water partition coefficient (Wildman–Crippen LogP) is 2.98. The monoisotopic (exact) mass is 361 g/mol. The van der Waals surface area contributed by atoms with E-state index in [4.69, 9.17) is 11.6 Å². The number of aryl methyl sites for hydroxylation is 1. The Morgan fingerprint density at radius 2 is 2.04 bits per heavy atom. The maximum absolute atomic E-state index is 11.9. The van der Waals surface area contributed by atoms with Gasteiger partial charge in [-0.25, -0.2) is 9.78 Å². The average molecular weight is 362 g/mol. The van der Waals surface area contributed by atoms with E-state index < -0.39 is 5.97 Å². The van der Waals surface area contributed by atoms with Gasteiger partial charge in [0.2, 0.25) is 4.96 Å². The lowest BCUT2D eigenvalue weighted by Crippen LogP contribution is -2.14. The highest BCUT2D eigenvalue weighted by molar-refractivity contribution is 7.18. The van der Waals surface area contributed by atoms with E-state index in [2.05, 4.69) is 14.8 Å². The maximum Gasteiger partial charge on any atom is 0.337 e. The Kier molecular flexibility index (Phi) is 4.46. The highest BCUT2D eigenvalue weighted by Gasteiger charge is 2.11. The largest absolute Gasteiger partial charge is 0.465 e. The van der Waals surface area contributed by atoms with Crippen molar-refractivity contribution < 1.29 is 9.53 Å². The maximum atomic E-state index is 11.9. The van der Waals surface area contributed by atoms with E-state index in [0.29, 0.717) is 26.3 Å². The molecule has 6 nitrogen and oxygen atoms in total. The third-order valence-corrected chi connectivity index (χ3v) is 4.54. The van der Waals surface area contributed by atoms with E-state index in [1.807, 2.05) is 0 Å². The van der Waals surface area contributed by atoms with E-state index in [1.54, 1.807) is 37.3 Å². The fourth-order valence-electron chi connectivity index (χ4n) is 2.06. The Labute approximate surface area is 146 Å². The van der Waals surface area contributed by atoms with Crippen LogP contribution < -0.4 is 5.56 Å². The van der Waals surface area contributed by atoms with Crippen LogP contribution in [0.15, 0.2) is 35.1 Å². The van der Waals surface area contributed by atoms with Gasteiger partial charge in [-0.05, 0) is 30.7 Å². The van der Waals surface area contributed by atoms with Gasteiger partial charge in [0.15, 0.2) is 5.01 Å². The molecule has 0 atom stereocenters. The minimum absolute atomic E-state index is 0.244. The van der Waals surface area contributed by atoms with Gasteiger partial charge in [0.1, 0.15) is 0 Å². The van der Waals surface area contributed by atoms with Crippen LogP contribution in [0.25, 0.3) is 16.1 Å². The molecule has 0 fully saturated rings. The molecule has 0 saturated carbocycles. The van der Waals surface area contributed by atoms with E-state index in [1.165, 1.54) is 29.0 Å². The number of carbonyl (C=O) groups excluding carboxylic acids is 1. The molecule has 0 bridgehead atoms. The minimum atomic E-state index is -0.399. The van der Waals surface area contributed by atoms with Crippen LogP contribution in [0.4, 0.5) is 0 Å². The highest BCUT2D eigenvalue weighted by Crippen LogP contribution is 2.26. The fourth-order valence-corrected chi connectivity index (χ4v) is 3.20. The van der Waals surface area contributed by atoms with Crippen molar-refractivity contribution in [2.24, 2.45) is 0 Å². The second-order valence-corrected chi connectivity index (χ2v) is 6.31. The fraction of sp³-hybridized carbons (Fsp3) is 0.125. The zero-order valence-electron chi connectivity index (χ0n) is 12.8. The zero-order chi connectivity index (χ0) is 17.3. The van der Waals surface area contributed by atoms with Crippen molar-refractivity contribution in [3.05, 3.63) is 62.5 Å². The van der Waals surface area contributed by atoms with E-state index in [-0.39, 0.29) is 5.56 Å². The molecule has 0 saturated heterocycles. The van der Waals surface area contributed by atoms with Crippen LogP contribution in [-0.2, 0) is 4.74 Å². The number of hydrogen-bond acceptors (Lipinski definition) is 6. The molecule has 0 aliphatic carbocycles. The van der Waals surface area contributed by atoms with E-state index in [9.17, 15) is 9.59 Å². The van der Waals surface area contributed by atoms with Crippen LogP contribution in [0.5, 0.6) is 0 Å². The molecule has 0 radical (unpaired) electrons. The Morgan fingerprint density at radius 3 is 2.71 bits per heavy atom. The summed E-state index contributed by atoms with van der Waals surface area (Å²) in [5.74, 6) is -0.399. The predicted molar refractivity (Wildman–Crippen MR) is 93.4 cm³/mol. The molecule has 0 spiro atoms. The van der Waals surface area contributed by atoms with Gasteiger partial charge in [0.25, 0.3) is 5.56 Å². The van der Waals surface area contributed by atoms with Crippen LogP contribution >= 0.6 is 22.9 Å². The Balaban J connectivity index is 1.95. The summed E-state index contributed by atoms with van der Waals surface area (Å²) < 4.78 is 5.88. The Bertz CT molecular complexity index is 1010. The summed E-state index contributed by atoms with van der Waals surface area (Å²) in [5, 5.41) is 5.07. The van der Waals surface area contributed by atoms with Crippen LogP contribution in [-0.4, -0.2) is 27.7 Å². The second-order valence-electron chi connectivity index (χ2n) is 4.94. The second kappa shape index (κ2) is 6.54. The lowest BCUT2D eigenvalue weighted by Gasteiger charge is -2.00. The zero-order valence-corrected chi connectivity index (χ0v) is 14.4. The van der Waals surface area contributed by atoms with Crippen molar-refractivity contribution in [1.29, 1.82) is 0 Å². The summed E-state index contributed by atoms with van der Waals surface area (Å²) in [4.78, 5) is 28.1. The van der Waals surface area contributed by atoms with Gasteiger partial charge >= 0.3 is 5.97 Å². The third-order valence-electron chi connectivity index (χ3n) is 3.20. The number of benzene rings is 1. The first-order chi connectivity index (χ1) is 11.5. The standard InChI is InChI=1S/C16H12ClN3O3S/c1-9-7-13(21)20-16(18-9)24-14(19-20)12(17)8-10-3-5-11(6-4-10)15(22)23-2/h3-8H,1-2H3/b12-8-. The number of esters is 1. The Morgan fingerprint density at radius 1 is 1.33 bits per heavy atom. The van der Waals surface area contributed by atoms with Crippen molar-refractivity contribution in [2.75, 3.05) is 7.11 Å². The number of nitrogens with zero attached hydrogens (tertiary/aromatic N) is 3. The van der Waals surface area contributed by atoms with Gasteiger partial charge in [0, 0.05) is 11.8 Å². The van der Waals surface area contributed by atoms with Crippen LogP contribution in [0, 0.1) is 6.92 Å². The summed E-state index contributed by atoms with van der Waals surface area (Å²) in [7, 11) is 1.33. The molecule has 3 aromatic rings. The lowest BCUT2D eigenvalue weighted by molar-refractivity contribution is 0.0600. The number of rotatable bonds is 3. The number of aromatic nitrogens is 3. The molecule has 1 aromatic carbocycles. The topological polar surface area (TPSA) is 73.6 Å². The summed E-state index contributed by atoms with van der Waals surface area (Å²) in [6, 6.07) is 8.21. The van der Waals surface area contributed by atoms with Crippen molar-refractivity contribution in [3.8, 4) is 0 Å². The smallest absolute Gasteiger partial charge is 0.337 e. The van der Waals surface area contributed by atoms with Gasteiger partial charge < -0.3 is 4.74 Å². The molecular weight excluding hydrogens is 350 g/mol. The molecule has 2 aromatic heterocycles. The number of hydrogen-bond donors (Lipinski definition) is 0. The van der Waals surface area contributed by atoms with Crippen molar-refractivity contribution >= 4 is 45.0 Å². The Hall–Kier alpha value is -2.51. The van der Waals surface area contributed by atoms with Crippen LogP contribution in [0.1, 0.15) is 26.6 Å². The van der Waals surface area contributed by atoms with Crippen LogP contribution in [0.2, 0.25) is 0 Å². The normalized spacial score (nSPS) is 11.7. The molecule has 3 rings (SSSR count). The molecule has 0 aliphatic rings. The van der Waals surface area contributed by atoms with E-state index in [0.717, 1.165) is 5.56 Å². The molecular formula is C16H12ClN3O3S. The SMILES string of the molecule is COC(=O)c1ccc(/C=C(\Cl)c2nn3c(=O)cc(C)nc3s2)cc1. The first-order valence-electron chi connectivity index (χ1n) is 6.91. The number of fused-ring (bicyclic) bond motifs is 1. The molecule has 2 heterocycles. The highest BCUT2D eigenvalue weighted by atomic mass is 35.5. The average Bonchev–Trinajstić information content (AvgIpc) is 2.99. The van der Waals surface area contributed by atoms with Gasteiger partial charge in [-0.2, -0.15) is 9.61 Å². The first kappa shape index (κ1) is 16.4. The van der Waals surface area contributed by atoms with Crippen LogP contribution in [0.3, 0.4) is 0 Å². The van der Waals surface area contributed by atoms with Crippen molar-refractivity contribution in [3.63, 3.8) is 0 Å².